The first kappa shape index (κ1) is 16.9. The molecule has 2 unspecified atom stereocenters. The van der Waals surface area contributed by atoms with Crippen molar-refractivity contribution in [1.82, 2.24) is 10.2 Å². The number of nitrogens with zero attached hydrogens (tertiary/aromatic N) is 2. The second-order valence-corrected chi connectivity index (χ2v) is 4.43. The number of carbonyl (C=O) groups is 1. The second kappa shape index (κ2) is 9.86. The Labute approximate surface area is 110 Å². The number of amides is 1. The fourth-order valence-electron chi connectivity index (χ4n) is 1.53. The zero-order chi connectivity index (χ0) is 14.0. The van der Waals surface area contributed by atoms with Crippen molar-refractivity contribution in [3.05, 3.63) is 0 Å². The zero-order valence-electron chi connectivity index (χ0n) is 11.9. The minimum atomic E-state index is -0.234. The fraction of sp³-hybridized carbons (Fsp3) is 0.846. The first-order valence-corrected chi connectivity index (χ1v) is 6.47. The van der Waals surface area contributed by atoms with Gasteiger partial charge in [-0.05, 0) is 20.3 Å². The Balaban J connectivity index is 4.37. The smallest absolute Gasteiger partial charge is 0.237 e. The van der Waals surface area contributed by atoms with Gasteiger partial charge in [-0.15, -0.1) is 0 Å². The van der Waals surface area contributed by atoms with E-state index in [9.17, 15) is 4.79 Å². The largest absolute Gasteiger partial charge is 0.383 e. The molecule has 0 aromatic heterocycles. The van der Waals surface area contributed by atoms with Gasteiger partial charge in [-0.2, -0.15) is 5.26 Å². The summed E-state index contributed by atoms with van der Waals surface area (Å²) in [5, 5.41) is 11.6. The fourth-order valence-corrected chi connectivity index (χ4v) is 1.53. The topological polar surface area (TPSA) is 65.4 Å². The zero-order valence-corrected chi connectivity index (χ0v) is 11.9. The summed E-state index contributed by atoms with van der Waals surface area (Å²) in [7, 11) is 1.63. The minimum Gasteiger partial charge on any atom is -0.383 e. The van der Waals surface area contributed by atoms with Crippen molar-refractivity contribution >= 4 is 5.91 Å². The molecule has 0 fully saturated rings. The number of hydrogen-bond acceptors (Lipinski definition) is 4. The normalized spacial score (nSPS) is 14.0. The van der Waals surface area contributed by atoms with Crippen LogP contribution in [0.25, 0.3) is 0 Å². The molecule has 5 nitrogen and oxygen atoms in total. The van der Waals surface area contributed by atoms with Crippen molar-refractivity contribution < 1.29 is 9.53 Å². The number of ether oxygens (including phenoxy) is 1. The van der Waals surface area contributed by atoms with Gasteiger partial charge in [0.1, 0.15) is 0 Å². The van der Waals surface area contributed by atoms with Crippen molar-refractivity contribution in [3.8, 4) is 6.07 Å². The molecule has 1 amide bonds. The van der Waals surface area contributed by atoms with Crippen LogP contribution in [-0.4, -0.2) is 49.7 Å². The molecule has 0 radical (unpaired) electrons. The number of carbonyl (C=O) groups excluding carboxylic acids is 1. The van der Waals surface area contributed by atoms with Crippen molar-refractivity contribution in [2.45, 2.75) is 45.7 Å². The maximum absolute atomic E-state index is 12.0. The lowest BCUT2D eigenvalue weighted by molar-refractivity contribution is -0.126. The molecule has 0 rings (SSSR count). The monoisotopic (exact) mass is 255 g/mol. The highest BCUT2D eigenvalue weighted by molar-refractivity contribution is 5.81. The summed E-state index contributed by atoms with van der Waals surface area (Å²) in [6.45, 7) is 7.70. The Morgan fingerprint density at radius 1 is 1.44 bits per heavy atom. The van der Waals surface area contributed by atoms with E-state index in [1.54, 1.807) is 7.11 Å². The van der Waals surface area contributed by atoms with Crippen LogP contribution in [0, 0.1) is 11.3 Å². The molecule has 0 aromatic carbocycles. The van der Waals surface area contributed by atoms with Gasteiger partial charge in [-0.3, -0.25) is 9.69 Å². The molecule has 0 aromatic rings. The molecule has 0 bridgehead atoms. The Hall–Kier alpha value is -1.12. The SMILES string of the molecule is CCC(C)NC(=O)C(C)N(CCC#N)CCOC. The third-order valence-corrected chi connectivity index (χ3v) is 3.02. The molecule has 5 heteroatoms. The third-order valence-electron chi connectivity index (χ3n) is 3.02. The van der Waals surface area contributed by atoms with E-state index in [4.69, 9.17) is 10.00 Å². The van der Waals surface area contributed by atoms with E-state index in [-0.39, 0.29) is 18.0 Å². The highest BCUT2D eigenvalue weighted by atomic mass is 16.5. The van der Waals surface area contributed by atoms with Crippen molar-refractivity contribution in [3.63, 3.8) is 0 Å². The Bertz CT molecular complexity index is 276. The van der Waals surface area contributed by atoms with Gasteiger partial charge in [-0.25, -0.2) is 0 Å². The van der Waals surface area contributed by atoms with Crippen LogP contribution in [0.5, 0.6) is 0 Å². The first-order chi connectivity index (χ1) is 8.56. The molecule has 104 valence electrons. The summed E-state index contributed by atoms with van der Waals surface area (Å²) < 4.78 is 5.03. The molecule has 0 aliphatic heterocycles. The van der Waals surface area contributed by atoms with Gasteiger partial charge in [0.25, 0.3) is 0 Å². The van der Waals surface area contributed by atoms with E-state index < -0.39 is 0 Å². The molecule has 0 heterocycles. The van der Waals surface area contributed by atoms with Crippen LogP contribution in [0.4, 0.5) is 0 Å². The molecule has 0 saturated heterocycles. The average molecular weight is 255 g/mol. The quantitative estimate of drug-likeness (QED) is 0.671. The molecular weight excluding hydrogens is 230 g/mol. The second-order valence-electron chi connectivity index (χ2n) is 4.43. The van der Waals surface area contributed by atoms with Gasteiger partial charge in [0.15, 0.2) is 0 Å². The van der Waals surface area contributed by atoms with Crippen molar-refractivity contribution in [1.29, 1.82) is 5.26 Å². The van der Waals surface area contributed by atoms with Crippen LogP contribution >= 0.6 is 0 Å². The Morgan fingerprint density at radius 3 is 2.61 bits per heavy atom. The van der Waals surface area contributed by atoms with Crippen molar-refractivity contribution in [2.24, 2.45) is 0 Å². The van der Waals surface area contributed by atoms with E-state index >= 15 is 0 Å². The van der Waals surface area contributed by atoms with E-state index in [1.165, 1.54) is 0 Å². The van der Waals surface area contributed by atoms with Gasteiger partial charge < -0.3 is 10.1 Å². The molecule has 0 saturated carbocycles. The van der Waals surface area contributed by atoms with Crippen molar-refractivity contribution in [2.75, 3.05) is 26.8 Å². The van der Waals surface area contributed by atoms with Gasteiger partial charge >= 0.3 is 0 Å². The molecule has 0 aliphatic rings. The van der Waals surface area contributed by atoms with E-state index in [1.807, 2.05) is 25.7 Å². The summed E-state index contributed by atoms with van der Waals surface area (Å²) in [6.07, 6.45) is 1.33. The summed E-state index contributed by atoms with van der Waals surface area (Å²) in [5.74, 6) is 0.0124. The van der Waals surface area contributed by atoms with Crippen LogP contribution < -0.4 is 5.32 Å². The minimum absolute atomic E-state index is 0.0124. The summed E-state index contributed by atoms with van der Waals surface area (Å²) in [6, 6.07) is 2.05. The van der Waals surface area contributed by atoms with Gasteiger partial charge in [0, 0.05) is 32.7 Å². The predicted octanol–water partition coefficient (Wildman–Crippen LogP) is 1.15. The maximum Gasteiger partial charge on any atom is 0.237 e. The highest BCUT2D eigenvalue weighted by Crippen LogP contribution is 2.02. The summed E-state index contributed by atoms with van der Waals surface area (Å²) in [4.78, 5) is 14.0. The van der Waals surface area contributed by atoms with E-state index in [2.05, 4.69) is 11.4 Å². The maximum atomic E-state index is 12.0. The lowest BCUT2D eigenvalue weighted by Crippen LogP contribution is -2.48. The molecule has 1 N–H and O–H groups in total. The Morgan fingerprint density at radius 2 is 2.11 bits per heavy atom. The summed E-state index contributed by atoms with van der Waals surface area (Å²) in [5.41, 5.74) is 0. The number of rotatable bonds is 9. The number of nitriles is 1. The number of hydrogen-bond donors (Lipinski definition) is 1. The van der Waals surface area contributed by atoms with Crippen LogP contribution in [0.2, 0.25) is 0 Å². The number of nitrogens with one attached hydrogen (secondary N) is 1. The molecule has 2 atom stereocenters. The van der Waals surface area contributed by atoms with Crippen LogP contribution in [0.1, 0.15) is 33.6 Å². The first-order valence-electron chi connectivity index (χ1n) is 6.47. The highest BCUT2D eigenvalue weighted by Gasteiger charge is 2.21. The predicted molar refractivity (Wildman–Crippen MR) is 71.0 cm³/mol. The molecule has 18 heavy (non-hydrogen) atoms. The molecular formula is C13H25N3O2. The molecule has 0 spiro atoms. The lowest BCUT2D eigenvalue weighted by atomic mass is 10.2. The summed E-state index contributed by atoms with van der Waals surface area (Å²) >= 11 is 0. The lowest BCUT2D eigenvalue weighted by Gasteiger charge is -2.28. The van der Waals surface area contributed by atoms with Crippen LogP contribution in [0.3, 0.4) is 0 Å². The van der Waals surface area contributed by atoms with E-state index in [0.717, 1.165) is 6.42 Å². The molecule has 0 aliphatic carbocycles. The third kappa shape index (κ3) is 6.58. The number of methoxy groups -OCH3 is 1. The van der Waals surface area contributed by atoms with Gasteiger partial charge in [0.2, 0.25) is 5.91 Å². The van der Waals surface area contributed by atoms with Gasteiger partial charge in [0.05, 0.1) is 18.7 Å². The van der Waals surface area contributed by atoms with Crippen LogP contribution in [0.15, 0.2) is 0 Å². The standard InChI is InChI=1S/C13H25N3O2/c1-5-11(2)15-13(17)12(3)16(8-6-7-14)9-10-18-4/h11-12H,5-6,8-10H2,1-4H3,(H,15,17). The average Bonchev–Trinajstić information content (AvgIpc) is 2.37. The van der Waals surface area contributed by atoms with E-state index in [0.29, 0.717) is 26.1 Å². The Kier molecular flexibility index (Phi) is 9.25. The van der Waals surface area contributed by atoms with Crippen LogP contribution in [-0.2, 0) is 9.53 Å². The van der Waals surface area contributed by atoms with Gasteiger partial charge in [-0.1, -0.05) is 6.92 Å².